The van der Waals surface area contributed by atoms with Crippen molar-refractivity contribution in [3.8, 4) is 0 Å². The van der Waals surface area contributed by atoms with Gasteiger partial charge in [0.25, 0.3) is 0 Å². The number of epoxide rings is 1. The van der Waals surface area contributed by atoms with Gasteiger partial charge in [0, 0.05) is 11.4 Å². The molecule has 1 aliphatic rings. The Hall–Kier alpha value is -1.69. The van der Waals surface area contributed by atoms with Crippen molar-refractivity contribution < 1.29 is 9.53 Å². The summed E-state index contributed by atoms with van der Waals surface area (Å²) >= 11 is 1.59. The summed E-state index contributed by atoms with van der Waals surface area (Å²) in [6.07, 6.45) is 0.947. The van der Waals surface area contributed by atoms with Crippen LogP contribution in [0.5, 0.6) is 0 Å². The molecule has 0 spiro atoms. The molecule has 2 atom stereocenters. The highest BCUT2D eigenvalue weighted by Gasteiger charge is 2.39. The third-order valence-electron chi connectivity index (χ3n) is 3.60. The average Bonchev–Trinajstić information content (AvgIpc) is 3.11. The number of Topliss-reactive ketones (excluding diaryl/α,β-unsaturated/α-hetero) is 1. The maximum absolute atomic E-state index is 11.6. The highest BCUT2D eigenvalue weighted by molar-refractivity contribution is 7.16. The minimum atomic E-state index is -0.0491. The molecule has 0 radical (unpaired) electrons. The first-order valence-corrected chi connectivity index (χ1v) is 8.26. The van der Waals surface area contributed by atoms with E-state index in [4.69, 9.17) is 4.74 Å². The Morgan fingerprint density at radius 3 is 2.77 bits per heavy atom. The second-order valence-electron chi connectivity index (χ2n) is 5.47. The zero-order valence-corrected chi connectivity index (χ0v) is 13.6. The first-order chi connectivity index (χ1) is 10.6. The molecule has 1 aromatic carbocycles. The average molecular weight is 316 g/mol. The van der Waals surface area contributed by atoms with Crippen molar-refractivity contribution in [1.29, 1.82) is 0 Å². The molecule has 1 aliphatic heterocycles. The molecule has 2 unspecified atom stereocenters. The molecule has 0 aliphatic carbocycles. The molecule has 5 heteroatoms. The lowest BCUT2D eigenvalue weighted by molar-refractivity contribution is 0.101. The standard InChI is InChI=1S/C17H20N2O2S/c1-11-10-14(12(2)20)17(22-11)19-16-15(21-16)18-9-8-13-6-4-3-5-7-13/h3-7,10,15-16,18-19H,8-9H2,1-2H3. The lowest BCUT2D eigenvalue weighted by Crippen LogP contribution is -2.25. The number of hydrogen-bond donors (Lipinski definition) is 2. The van der Waals surface area contributed by atoms with Crippen LogP contribution in [0.15, 0.2) is 36.4 Å². The summed E-state index contributed by atoms with van der Waals surface area (Å²) in [6.45, 7) is 4.47. The van der Waals surface area contributed by atoms with Gasteiger partial charge in [-0.3, -0.25) is 10.1 Å². The first-order valence-electron chi connectivity index (χ1n) is 7.44. The number of carbonyl (C=O) groups is 1. The van der Waals surface area contributed by atoms with Crippen molar-refractivity contribution in [2.24, 2.45) is 0 Å². The lowest BCUT2D eigenvalue weighted by atomic mass is 10.1. The van der Waals surface area contributed by atoms with Gasteiger partial charge in [0.2, 0.25) is 0 Å². The van der Waals surface area contributed by atoms with Crippen LogP contribution in [0.1, 0.15) is 27.7 Å². The number of nitrogens with one attached hydrogen (secondary N) is 2. The normalized spacial score (nSPS) is 19.9. The molecule has 2 N–H and O–H groups in total. The molecule has 3 rings (SSSR count). The second-order valence-corrected chi connectivity index (χ2v) is 6.72. The highest BCUT2D eigenvalue weighted by atomic mass is 32.1. The molecule has 1 fully saturated rings. The van der Waals surface area contributed by atoms with Crippen molar-refractivity contribution in [2.75, 3.05) is 11.9 Å². The minimum absolute atomic E-state index is 0.0194. The van der Waals surface area contributed by atoms with Crippen molar-refractivity contribution in [3.05, 3.63) is 52.4 Å². The van der Waals surface area contributed by atoms with Gasteiger partial charge in [-0.1, -0.05) is 30.3 Å². The van der Waals surface area contributed by atoms with E-state index in [1.165, 1.54) is 5.56 Å². The Morgan fingerprint density at radius 1 is 1.27 bits per heavy atom. The van der Waals surface area contributed by atoms with E-state index in [2.05, 4.69) is 34.9 Å². The number of ether oxygens (including phenoxy) is 1. The van der Waals surface area contributed by atoms with E-state index in [1.807, 2.05) is 19.1 Å². The van der Waals surface area contributed by atoms with E-state index in [1.54, 1.807) is 18.3 Å². The van der Waals surface area contributed by atoms with Crippen LogP contribution < -0.4 is 10.6 Å². The molecule has 1 aromatic heterocycles. The molecule has 0 amide bonds. The minimum Gasteiger partial charge on any atom is -0.348 e. The van der Waals surface area contributed by atoms with Crippen LogP contribution in [0, 0.1) is 6.92 Å². The quantitative estimate of drug-likeness (QED) is 0.608. The van der Waals surface area contributed by atoms with Crippen LogP contribution in [0.25, 0.3) is 0 Å². The zero-order chi connectivity index (χ0) is 15.5. The van der Waals surface area contributed by atoms with Crippen LogP contribution in [0.3, 0.4) is 0 Å². The smallest absolute Gasteiger partial charge is 0.170 e. The van der Waals surface area contributed by atoms with E-state index < -0.39 is 0 Å². The van der Waals surface area contributed by atoms with E-state index >= 15 is 0 Å². The van der Waals surface area contributed by atoms with Crippen LogP contribution >= 0.6 is 11.3 Å². The SMILES string of the molecule is CC(=O)c1cc(C)sc1NC1OC1NCCc1ccccc1. The Morgan fingerprint density at radius 2 is 2.05 bits per heavy atom. The summed E-state index contributed by atoms with van der Waals surface area (Å²) in [5.41, 5.74) is 2.06. The molecular weight excluding hydrogens is 296 g/mol. The van der Waals surface area contributed by atoms with Gasteiger partial charge in [0.1, 0.15) is 5.00 Å². The molecular formula is C17H20N2O2S. The fourth-order valence-electron chi connectivity index (χ4n) is 2.39. The summed E-state index contributed by atoms with van der Waals surface area (Å²) in [4.78, 5) is 12.7. The zero-order valence-electron chi connectivity index (χ0n) is 12.8. The largest absolute Gasteiger partial charge is 0.348 e. The Balaban J connectivity index is 1.46. The highest BCUT2D eigenvalue weighted by Crippen LogP contribution is 2.32. The van der Waals surface area contributed by atoms with Crippen LogP contribution in [-0.4, -0.2) is 24.8 Å². The van der Waals surface area contributed by atoms with Crippen molar-refractivity contribution in [2.45, 2.75) is 32.7 Å². The molecule has 1 saturated heterocycles. The van der Waals surface area contributed by atoms with Crippen LogP contribution in [-0.2, 0) is 11.2 Å². The summed E-state index contributed by atoms with van der Waals surface area (Å²) in [6, 6.07) is 12.3. The van der Waals surface area contributed by atoms with Crippen molar-refractivity contribution in [1.82, 2.24) is 5.32 Å². The monoisotopic (exact) mass is 316 g/mol. The van der Waals surface area contributed by atoms with E-state index in [9.17, 15) is 4.79 Å². The summed E-state index contributed by atoms with van der Waals surface area (Å²) in [5.74, 6) is 0.0843. The van der Waals surface area contributed by atoms with Gasteiger partial charge in [-0.15, -0.1) is 11.3 Å². The number of aryl methyl sites for hydroxylation is 1. The molecule has 22 heavy (non-hydrogen) atoms. The topological polar surface area (TPSA) is 53.7 Å². The van der Waals surface area contributed by atoms with E-state index in [0.717, 1.165) is 28.4 Å². The van der Waals surface area contributed by atoms with Gasteiger partial charge in [-0.2, -0.15) is 0 Å². The van der Waals surface area contributed by atoms with Gasteiger partial charge in [-0.05, 0) is 31.9 Å². The predicted molar refractivity (Wildman–Crippen MR) is 89.5 cm³/mol. The lowest BCUT2D eigenvalue weighted by Gasteiger charge is -2.03. The number of carbonyl (C=O) groups excluding carboxylic acids is 1. The van der Waals surface area contributed by atoms with Crippen LogP contribution in [0.2, 0.25) is 0 Å². The maximum Gasteiger partial charge on any atom is 0.170 e. The van der Waals surface area contributed by atoms with Gasteiger partial charge in [-0.25, -0.2) is 0 Å². The number of thiophene rings is 1. The molecule has 0 bridgehead atoms. The van der Waals surface area contributed by atoms with Gasteiger partial charge >= 0.3 is 0 Å². The first kappa shape index (κ1) is 15.2. The second kappa shape index (κ2) is 6.60. The fourth-order valence-corrected chi connectivity index (χ4v) is 3.38. The van der Waals surface area contributed by atoms with Gasteiger partial charge in [0.05, 0.1) is 5.56 Å². The molecule has 0 saturated carbocycles. The number of rotatable bonds is 7. The predicted octanol–water partition coefficient (Wildman–Crippen LogP) is 3.19. The van der Waals surface area contributed by atoms with Crippen molar-refractivity contribution >= 4 is 22.1 Å². The Bertz CT molecular complexity index is 654. The number of hydrogen-bond acceptors (Lipinski definition) is 5. The fraction of sp³-hybridized carbons (Fsp3) is 0.353. The molecule has 4 nitrogen and oxygen atoms in total. The summed E-state index contributed by atoms with van der Waals surface area (Å²) in [5, 5.41) is 7.57. The van der Waals surface area contributed by atoms with E-state index in [-0.39, 0.29) is 18.2 Å². The Kier molecular flexibility index (Phi) is 4.57. The van der Waals surface area contributed by atoms with Gasteiger partial charge in [0.15, 0.2) is 18.2 Å². The summed E-state index contributed by atoms with van der Waals surface area (Å²) in [7, 11) is 0. The third kappa shape index (κ3) is 3.74. The number of benzene rings is 1. The number of anilines is 1. The van der Waals surface area contributed by atoms with E-state index in [0.29, 0.717) is 0 Å². The van der Waals surface area contributed by atoms with Crippen LogP contribution in [0.4, 0.5) is 5.00 Å². The Labute approximate surface area is 134 Å². The van der Waals surface area contributed by atoms with Crippen molar-refractivity contribution in [3.63, 3.8) is 0 Å². The third-order valence-corrected chi connectivity index (χ3v) is 4.58. The molecule has 2 heterocycles. The molecule has 116 valence electrons. The maximum atomic E-state index is 11.6. The summed E-state index contributed by atoms with van der Waals surface area (Å²) < 4.78 is 5.58. The number of ketones is 1. The molecule has 2 aromatic rings. The van der Waals surface area contributed by atoms with Gasteiger partial charge < -0.3 is 10.1 Å².